The predicted octanol–water partition coefficient (Wildman–Crippen LogP) is 13.0. The molecule has 2 aliphatic rings. The molecule has 0 aromatic heterocycles. The Bertz CT molecular complexity index is 2330. The predicted molar refractivity (Wildman–Crippen MR) is 213 cm³/mol. The highest BCUT2D eigenvalue weighted by molar-refractivity contribution is 6.04. The van der Waals surface area contributed by atoms with Crippen LogP contribution in [0.2, 0.25) is 0 Å². The lowest BCUT2D eigenvalue weighted by atomic mass is 9.81. The van der Waals surface area contributed by atoms with E-state index in [1.165, 1.54) is 44.6 Å². The normalized spacial score (nSPS) is 15.7. The summed E-state index contributed by atoms with van der Waals surface area (Å²) in [6, 6.07) is 55.3. The van der Waals surface area contributed by atoms with Crippen molar-refractivity contribution in [2.75, 3.05) is 9.80 Å². The lowest BCUT2D eigenvalue weighted by Crippen LogP contribution is -2.23. The molecule has 0 N–H and O–H groups in total. The molecule has 0 bridgehead atoms. The van der Waals surface area contributed by atoms with E-state index in [4.69, 9.17) is 4.74 Å². The number of anilines is 5. The first-order valence-corrected chi connectivity index (χ1v) is 17.8. The van der Waals surface area contributed by atoms with Gasteiger partial charge in [0.05, 0.1) is 11.4 Å². The molecule has 0 saturated carbocycles. The first kappa shape index (κ1) is 31.0. The summed E-state index contributed by atoms with van der Waals surface area (Å²) in [5, 5.41) is 2.29. The van der Waals surface area contributed by atoms with Crippen LogP contribution in [-0.2, 0) is 0 Å². The molecule has 0 fully saturated rings. The Morgan fingerprint density at radius 2 is 0.902 bits per heavy atom. The molecular weight excluding hydrogens is 621 g/mol. The summed E-state index contributed by atoms with van der Waals surface area (Å²) in [5.74, 6) is 0.978. The molecule has 0 spiro atoms. The van der Waals surface area contributed by atoms with Crippen LogP contribution in [0.4, 0.5) is 28.4 Å². The molecule has 2 unspecified atom stereocenters. The van der Waals surface area contributed by atoms with Crippen LogP contribution in [0.15, 0.2) is 158 Å². The lowest BCUT2D eigenvalue weighted by Gasteiger charge is -2.35. The number of benzene rings is 7. The SMILES string of the molecule is Cc1ccc(N(C2=CC3c4cc(N(c5ccc(C)cc5)c5ccc(C)cc5)c5ccccc5c4OC3c3ccccc32)c2ccc(C)cc2)cc1. The van der Waals surface area contributed by atoms with Crippen molar-refractivity contribution >= 4 is 44.9 Å². The van der Waals surface area contributed by atoms with Gasteiger partial charge in [-0.2, -0.15) is 0 Å². The summed E-state index contributed by atoms with van der Waals surface area (Å²) < 4.78 is 7.12. The van der Waals surface area contributed by atoms with Gasteiger partial charge in [0.1, 0.15) is 11.9 Å². The van der Waals surface area contributed by atoms with E-state index in [1.807, 2.05) is 0 Å². The minimum absolute atomic E-state index is 0.00420. The van der Waals surface area contributed by atoms with Crippen LogP contribution < -0.4 is 14.5 Å². The third kappa shape index (κ3) is 5.37. The molecule has 1 aliphatic carbocycles. The van der Waals surface area contributed by atoms with Gasteiger partial charge in [0.15, 0.2) is 0 Å². The van der Waals surface area contributed by atoms with Crippen LogP contribution in [-0.4, -0.2) is 0 Å². The van der Waals surface area contributed by atoms with Gasteiger partial charge >= 0.3 is 0 Å². The maximum Gasteiger partial charge on any atom is 0.135 e. The molecular formula is C48H40N2O. The van der Waals surface area contributed by atoms with E-state index < -0.39 is 0 Å². The Balaban J connectivity index is 1.28. The lowest BCUT2D eigenvalue weighted by molar-refractivity contribution is 0.225. The van der Waals surface area contributed by atoms with Crippen LogP contribution >= 0.6 is 0 Å². The first-order valence-electron chi connectivity index (χ1n) is 17.8. The second kappa shape index (κ2) is 12.4. The summed E-state index contributed by atoms with van der Waals surface area (Å²) in [5.41, 5.74) is 15.4. The van der Waals surface area contributed by atoms with Crippen molar-refractivity contribution in [2.24, 2.45) is 0 Å². The molecule has 0 saturated heterocycles. The summed E-state index contributed by atoms with van der Waals surface area (Å²) >= 11 is 0. The van der Waals surface area contributed by atoms with Gasteiger partial charge in [-0.3, -0.25) is 0 Å². The van der Waals surface area contributed by atoms with Crippen molar-refractivity contribution in [3.05, 3.63) is 197 Å². The fourth-order valence-electron chi connectivity index (χ4n) is 7.78. The monoisotopic (exact) mass is 660 g/mol. The van der Waals surface area contributed by atoms with Gasteiger partial charge in [0.25, 0.3) is 0 Å². The van der Waals surface area contributed by atoms with Gasteiger partial charge in [0, 0.05) is 56.1 Å². The van der Waals surface area contributed by atoms with Crippen molar-refractivity contribution in [3.63, 3.8) is 0 Å². The zero-order valence-corrected chi connectivity index (χ0v) is 29.5. The van der Waals surface area contributed by atoms with Gasteiger partial charge in [-0.15, -0.1) is 0 Å². The Morgan fingerprint density at radius 1 is 0.451 bits per heavy atom. The topological polar surface area (TPSA) is 15.7 Å². The second-order valence-corrected chi connectivity index (χ2v) is 14.1. The van der Waals surface area contributed by atoms with Gasteiger partial charge in [0.2, 0.25) is 0 Å². The van der Waals surface area contributed by atoms with E-state index in [1.54, 1.807) is 0 Å². The van der Waals surface area contributed by atoms with Crippen molar-refractivity contribution < 1.29 is 4.74 Å². The smallest absolute Gasteiger partial charge is 0.135 e. The van der Waals surface area contributed by atoms with E-state index in [0.717, 1.165) is 45.0 Å². The van der Waals surface area contributed by atoms with Gasteiger partial charge < -0.3 is 14.5 Å². The quantitative estimate of drug-likeness (QED) is 0.177. The largest absolute Gasteiger partial charge is 0.484 e. The molecule has 0 radical (unpaired) electrons. The van der Waals surface area contributed by atoms with E-state index in [0.29, 0.717) is 0 Å². The van der Waals surface area contributed by atoms with Crippen LogP contribution in [0.25, 0.3) is 16.5 Å². The molecule has 1 heterocycles. The highest BCUT2D eigenvalue weighted by atomic mass is 16.5. The van der Waals surface area contributed by atoms with Crippen molar-refractivity contribution in [1.82, 2.24) is 0 Å². The molecule has 2 atom stereocenters. The number of rotatable bonds is 6. The number of hydrogen-bond donors (Lipinski definition) is 0. The molecule has 248 valence electrons. The molecule has 51 heavy (non-hydrogen) atoms. The third-order valence-corrected chi connectivity index (χ3v) is 10.5. The standard InChI is InChI=1S/C48H40N2O/c1-31-13-21-35(22-14-31)49(36-23-15-32(2)16-24-36)45-29-43-44-30-46(50(37-25-17-33(3)18-26-37)38-27-19-34(4)20-28-38)40-10-6-8-12-42(40)48(44)51-47(43)41-11-7-5-9-39(41)45/h5-30,43,47H,1-4H3. The van der Waals surface area contributed by atoms with Crippen LogP contribution in [0.1, 0.15) is 51.0 Å². The Labute approximate surface area is 300 Å². The third-order valence-electron chi connectivity index (χ3n) is 10.5. The number of ether oxygens (including phenoxy) is 1. The number of fused-ring (bicyclic) bond motifs is 7. The fourth-order valence-corrected chi connectivity index (χ4v) is 7.78. The number of hydrogen-bond acceptors (Lipinski definition) is 3. The Kier molecular flexibility index (Phi) is 7.51. The fraction of sp³-hybridized carbons (Fsp3) is 0.125. The average Bonchev–Trinajstić information content (AvgIpc) is 3.54. The first-order chi connectivity index (χ1) is 24.9. The van der Waals surface area contributed by atoms with E-state index in [-0.39, 0.29) is 12.0 Å². The molecule has 1 aliphatic heterocycles. The van der Waals surface area contributed by atoms with Gasteiger partial charge in [-0.1, -0.05) is 119 Å². The van der Waals surface area contributed by atoms with Crippen LogP contribution in [0.3, 0.4) is 0 Å². The number of nitrogens with zero attached hydrogens (tertiary/aromatic N) is 2. The summed E-state index contributed by atoms with van der Waals surface area (Å²) in [6.45, 7) is 8.57. The van der Waals surface area contributed by atoms with Crippen molar-refractivity contribution in [3.8, 4) is 5.75 Å². The maximum absolute atomic E-state index is 7.12. The Morgan fingerprint density at radius 3 is 1.43 bits per heavy atom. The summed E-state index contributed by atoms with van der Waals surface area (Å²) in [7, 11) is 0. The summed E-state index contributed by atoms with van der Waals surface area (Å²) in [4.78, 5) is 4.82. The van der Waals surface area contributed by atoms with Gasteiger partial charge in [-0.05, 0) is 88.4 Å². The minimum atomic E-state index is -0.135. The molecule has 3 nitrogen and oxygen atoms in total. The van der Waals surface area contributed by atoms with Crippen LogP contribution in [0.5, 0.6) is 5.75 Å². The molecule has 7 aromatic carbocycles. The zero-order chi connectivity index (χ0) is 34.6. The maximum atomic E-state index is 7.12. The van der Waals surface area contributed by atoms with Crippen molar-refractivity contribution in [1.29, 1.82) is 0 Å². The van der Waals surface area contributed by atoms with E-state index in [2.05, 4.69) is 195 Å². The number of aryl methyl sites for hydroxylation is 4. The zero-order valence-electron chi connectivity index (χ0n) is 29.5. The second-order valence-electron chi connectivity index (χ2n) is 14.1. The molecule has 9 rings (SSSR count). The van der Waals surface area contributed by atoms with Crippen molar-refractivity contribution in [2.45, 2.75) is 39.7 Å². The summed E-state index contributed by atoms with van der Waals surface area (Å²) in [6.07, 6.45) is 2.32. The molecule has 7 aromatic rings. The molecule has 3 heteroatoms. The van der Waals surface area contributed by atoms with Crippen LogP contribution in [0, 0.1) is 27.7 Å². The highest BCUT2D eigenvalue weighted by Gasteiger charge is 2.42. The average molecular weight is 661 g/mol. The molecule has 0 amide bonds. The highest BCUT2D eigenvalue weighted by Crippen LogP contribution is 2.57. The Hall–Kier alpha value is -6.06. The minimum Gasteiger partial charge on any atom is -0.484 e. The van der Waals surface area contributed by atoms with Gasteiger partial charge in [-0.25, -0.2) is 0 Å². The van der Waals surface area contributed by atoms with E-state index in [9.17, 15) is 0 Å². The van der Waals surface area contributed by atoms with E-state index >= 15 is 0 Å².